The molecular weight excluding hydrogens is 442 g/mol. The van der Waals surface area contributed by atoms with Crippen LogP contribution < -0.4 is 0 Å². The molecule has 1 aliphatic heterocycles. The third-order valence-electron chi connectivity index (χ3n) is 5.47. The predicted octanol–water partition coefficient (Wildman–Crippen LogP) is 3.99. The standard InChI is InChI=1S/C23H29N5O2S2/c1-17-19(24-9-8-21(17)31-15-12-27-10-13-30-14-11-27)16-32-22-25-18-6-4-5-7-20(18)28(22)23(29)26(2)3/h4-9H,10-16H2,1-3H3. The first kappa shape index (κ1) is 23.1. The molecule has 1 aromatic carbocycles. The van der Waals surface area contributed by atoms with E-state index in [1.807, 2.05) is 42.2 Å². The number of pyridine rings is 1. The molecule has 32 heavy (non-hydrogen) atoms. The van der Waals surface area contributed by atoms with E-state index in [9.17, 15) is 4.79 Å². The molecule has 1 fully saturated rings. The Kier molecular flexibility index (Phi) is 7.72. The maximum absolute atomic E-state index is 12.8. The number of hydrogen-bond donors (Lipinski definition) is 0. The lowest BCUT2D eigenvalue weighted by molar-refractivity contribution is 0.0410. The van der Waals surface area contributed by atoms with Crippen molar-refractivity contribution in [3.8, 4) is 0 Å². The zero-order valence-corrected chi connectivity index (χ0v) is 20.4. The highest BCUT2D eigenvalue weighted by Crippen LogP contribution is 2.30. The zero-order valence-electron chi connectivity index (χ0n) is 18.8. The molecule has 0 atom stereocenters. The lowest BCUT2D eigenvalue weighted by atomic mass is 10.2. The Bertz CT molecular complexity index is 1080. The van der Waals surface area contributed by atoms with Crippen LogP contribution in [0.4, 0.5) is 4.79 Å². The molecule has 4 rings (SSSR count). The Morgan fingerprint density at radius 2 is 1.94 bits per heavy atom. The highest BCUT2D eigenvalue weighted by molar-refractivity contribution is 7.99. The molecule has 0 radical (unpaired) electrons. The molecule has 3 aromatic rings. The first-order valence-corrected chi connectivity index (χ1v) is 12.7. The van der Waals surface area contributed by atoms with Crippen LogP contribution in [0.5, 0.6) is 0 Å². The van der Waals surface area contributed by atoms with Gasteiger partial charge in [0, 0.05) is 56.3 Å². The van der Waals surface area contributed by atoms with Crippen molar-refractivity contribution in [3.05, 3.63) is 47.8 Å². The van der Waals surface area contributed by atoms with E-state index in [-0.39, 0.29) is 6.03 Å². The van der Waals surface area contributed by atoms with E-state index in [0.717, 1.165) is 55.3 Å². The van der Waals surface area contributed by atoms with Gasteiger partial charge in [-0.3, -0.25) is 9.88 Å². The van der Waals surface area contributed by atoms with Crippen LogP contribution in [-0.2, 0) is 10.5 Å². The summed E-state index contributed by atoms with van der Waals surface area (Å²) in [6.45, 7) is 6.90. The summed E-state index contributed by atoms with van der Waals surface area (Å²) < 4.78 is 7.12. The number of para-hydroxylation sites is 2. The number of aromatic nitrogens is 3. The van der Waals surface area contributed by atoms with Crippen LogP contribution in [-0.4, -0.2) is 83.1 Å². The number of fused-ring (bicyclic) bond motifs is 1. The number of rotatable bonds is 7. The van der Waals surface area contributed by atoms with Crippen LogP contribution in [0.3, 0.4) is 0 Å². The van der Waals surface area contributed by atoms with Crippen molar-refractivity contribution < 1.29 is 9.53 Å². The largest absolute Gasteiger partial charge is 0.379 e. The molecule has 0 spiro atoms. The van der Waals surface area contributed by atoms with Crippen LogP contribution in [0.25, 0.3) is 11.0 Å². The number of nitrogens with zero attached hydrogens (tertiary/aromatic N) is 5. The van der Waals surface area contributed by atoms with Gasteiger partial charge in [0.25, 0.3) is 0 Å². The number of thioether (sulfide) groups is 2. The van der Waals surface area contributed by atoms with Gasteiger partial charge in [-0.1, -0.05) is 23.9 Å². The number of amides is 1. The van der Waals surface area contributed by atoms with E-state index in [4.69, 9.17) is 9.72 Å². The minimum Gasteiger partial charge on any atom is -0.379 e. The smallest absolute Gasteiger partial charge is 0.330 e. The van der Waals surface area contributed by atoms with Crippen LogP contribution in [0, 0.1) is 6.92 Å². The summed E-state index contributed by atoms with van der Waals surface area (Å²) in [5.41, 5.74) is 3.88. The summed E-state index contributed by atoms with van der Waals surface area (Å²) in [4.78, 5) is 27.5. The van der Waals surface area contributed by atoms with Crippen molar-refractivity contribution >= 4 is 40.6 Å². The van der Waals surface area contributed by atoms with Gasteiger partial charge in [-0.2, -0.15) is 0 Å². The van der Waals surface area contributed by atoms with Gasteiger partial charge in [-0.05, 0) is 30.7 Å². The molecule has 0 unspecified atom stereocenters. The van der Waals surface area contributed by atoms with Crippen molar-refractivity contribution in [2.75, 3.05) is 52.7 Å². The fourth-order valence-corrected chi connectivity index (χ4v) is 5.67. The summed E-state index contributed by atoms with van der Waals surface area (Å²) >= 11 is 3.43. The number of carbonyl (C=O) groups is 1. The van der Waals surface area contributed by atoms with E-state index in [0.29, 0.717) is 10.9 Å². The van der Waals surface area contributed by atoms with E-state index >= 15 is 0 Å². The molecule has 1 amide bonds. The van der Waals surface area contributed by atoms with Gasteiger partial charge in [0.2, 0.25) is 0 Å². The minimum absolute atomic E-state index is 0.0988. The summed E-state index contributed by atoms with van der Waals surface area (Å²) in [5, 5.41) is 0.691. The Morgan fingerprint density at radius 1 is 1.16 bits per heavy atom. The Hall–Kier alpha value is -2.07. The molecule has 9 heteroatoms. The van der Waals surface area contributed by atoms with Gasteiger partial charge >= 0.3 is 6.03 Å². The van der Waals surface area contributed by atoms with E-state index in [1.54, 1.807) is 35.3 Å². The average Bonchev–Trinajstić information content (AvgIpc) is 3.17. The van der Waals surface area contributed by atoms with Gasteiger partial charge in [0.15, 0.2) is 5.16 Å². The Balaban J connectivity index is 1.46. The maximum atomic E-state index is 12.8. The molecule has 0 saturated carbocycles. The van der Waals surface area contributed by atoms with Crippen LogP contribution in [0.15, 0.2) is 46.6 Å². The fraction of sp³-hybridized carbons (Fsp3) is 0.435. The molecule has 1 saturated heterocycles. The molecule has 3 heterocycles. The minimum atomic E-state index is -0.0988. The number of benzene rings is 1. The van der Waals surface area contributed by atoms with Crippen LogP contribution in [0.2, 0.25) is 0 Å². The van der Waals surface area contributed by atoms with Crippen LogP contribution in [0.1, 0.15) is 11.3 Å². The normalized spacial score (nSPS) is 14.7. The second-order valence-corrected chi connectivity index (χ2v) is 9.95. The SMILES string of the molecule is Cc1c(SCCN2CCOCC2)ccnc1CSc1nc2ccccc2n1C(=O)N(C)C. The van der Waals surface area contributed by atoms with Gasteiger partial charge in [-0.25, -0.2) is 14.3 Å². The first-order chi connectivity index (χ1) is 15.5. The molecule has 0 bridgehead atoms. The molecule has 0 N–H and O–H groups in total. The Morgan fingerprint density at radius 3 is 2.72 bits per heavy atom. The highest BCUT2D eigenvalue weighted by atomic mass is 32.2. The summed E-state index contributed by atoms with van der Waals surface area (Å²) in [6.07, 6.45) is 1.88. The van der Waals surface area contributed by atoms with Gasteiger partial charge in [-0.15, -0.1) is 11.8 Å². The van der Waals surface area contributed by atoms with Crippen molar-refractivity contribution in [3.63, 3.8) is 0 Å². The molecule has 2 aromatic heterocycles. The topological polar surface area (TPSA) is 63.5 Å². The Labute approximate surface area is 197 Å². The number of morpholine rings is 1. The monoisotopic (exact) mass is 471 g/mol. The number of carbonyl (C=O) groups excluding carboxylic acids is 1. The van der Waals surface area contributed by atoms with Crippen molar-refractivity contribution in [2.45, 2.75) is 22.7 Å². The molecule has 170 valence electrons. The van der Waals surface area contributed by atoms with Crippen molar-refractivity contribution in [1.82, 2.24) is 24.3 Å². The molecule has 7 nitrogen and oxygen atoms in total. The van der Waals surface area contributed by atoms with E-state index in [2.05, 4.69) is 22.9 Å². The summed E-state index contributed by atoms with van der Waals surface area (Å²) in [5.74, 6) is 1.71. The fourth-order valence-electron chi connectivity index (χ4n) is 3.59. The van der Waals surface area contributed by atoms with Gasteiger partial charge in [0.05, 0.1) is 29.9 Å². The third-order valence-corrected chi connectivity index (χ3v) is 7.56. The highest BCUT2D eigenvalue weighted by Gasteiger charge is 2.19. The second-order valence-electron chi connectivity index (χ2n) is 7.87. The van der Waals surface area contributed by atoms with Gasteiger partial charge in [0.1, 0.15) is 0 Å². The van der Waals surface area contributed by atoms with Crippen molar-refractivity contribution in [1.29, 1.82) is 0 Å². The lowest BCUT2D eigenvalue weighted by Crippen LogP contribution is -2.37. The van der Waals surface area contributed by atoms with Gasteiger partial charge < -0.3 is 9.64 Å². The number of hydrogen-bond acceptors (Lipinski definition) is 7. The van der Waals surface area contributed by atoms with E-state index in [1.165, 1.54) is 10.5 Å². The molecule has 1 aliphatic rings. The predicted molar refractivity (Wildman–Crippen MR) is 131 cm³/mol. The third kappa shape index (κ3) is 5.28. The number of ether oxygens (including phenoxy) is 1. The lowest BCUT2D eigenvalue weighted by Gasteiger charge is -2.26. The zero-order chi connectivity index (χ0) is 22.5. The average molecular weight is 472 g/mol. The second kappa shape index (κ2) is 10.7. The molecule has 0 aliphatic carbocycles. The maximum Gasteiger partial charge on any atom is 0.330 e. The van der Waals surface area contributed by atoms with Crippen molar-refractivity contribution in [2.24, 2.45) is 0 Å². The summed E-state index contributed by atoms with van der Waals surface area (Å²) in [6, 6.07) is 9.74. The molecular formula is C23H29N5O2S2. The quantitative estimate of drug-likeness (QED) is 0.483. The number of imidazole rings is 1. The van der Waals surface area contributed by atoms with Crippen LogP contribution >= 0.6 is 23.5 Å². The van der Waals surface area contributed by atoms with E-state index < -0.39 is 0 Å². The first-order valence-electron chi connectivity index (χ1n) is 10.7. The summed E-state index contributed by atoms with van der Waals surface area (Å²) in [7, 11) is 3.52.